The fourth-order valence-electron chi connectivity index (χ4n) is 6.13. The summed E-state index contributed by atoms with van der Waals surface area (Å²) in [5.74, 6) is -0.705. The largest absolute Gasteiger partial charge is 0.366 e. The van der Waals surface area contributed by atoms with Crippen LogP contribution in [0.3, 0.4) is 0 Å². The highest BCUT2D eigenvalue weighted by Crippen LogP contribution is 2.41. The number of hydrogen-bond donors (Lipinski definition) is 1. The number of amides is 1. The summed E-state index contributed by atoms with van der Waals surface area (Å²) in [7, 11) is -3.19. The number of primary amides is 1. The highest BCUT2D eigenvalue weighted by Gasteiger charge is 2.30. The number of nitrogens with zero attached hydrogens (tertiary/aromatic N) is 1. The van der Waals surface area contributed by atoms with E-state index in [-0.39, 0.29) is 17.6 Å². The lowest BCUT2D eigenvalue weighted by Gasteiger charge is -2.27. The van der Waals surface area contributed by atoms with Gasteiger partial charge in [0, 0.05) is 11.4 Å². The Morgan fingerprint density at radius 3 is 2.45 bits per heavy atom. The molecule has 5 nitrogen and oxygen atoms in total. The molecule has 4 rings (SSSR count). The van der Waals surface area contributed by atoms with E-state index in [2.05, 4.69) is 23.6 Å². The summed E-state index contributed by atoms with van der Waals surface area (Å²) < 4.78 is 41.9. The van der Waals surface area contributed by atoms with Crippen molar-refractivity contribution in [1.82, 2.24) is 4.57 Å². The molecule has 1 aromatic carbocycles. The first-order chi connectivity index (χ1) is 18.9. The second kappa shape index (κ2) is 12.1. The maximum Gasteiger partial charge on any atom is 0.251 e. The van der Waals surface area contributed by atoms with Crippen LogP contribution in [-0.4, -0.2) is 29.4 Å². The number of rotatable bonds is 8. The molecule has 1 saturated carbocycles. The van der Waals surface area contributed by atoms with E-state index in [0.29, 0.717) is 35.8 Å². The molecule has 0 atom stereocenters. The molecule has 0 saturated heterocycles. The molecule has 0 spiro atoms. The molecular formula is C33H45FN2O3S. The van der Waals surface area contributed by atoms with Crippen LogP contribution in [-0.2, 0) is 16.3 Å². The fourth-order valence-corrected chi connectivity index (χ4v) is 7.27. The van der Waals surface area contributed by atoms with Gasteiger partial charge in [-0.05, 0) is 101 Å². The minimum absolute atomic E-state index is 0.150. The third-order valence-corrected chi connectivity index (χ3v) is 11.4. The van der Waals surface area contributed by atoms with Crippen molar-refractivity contribution in [2.45, 2.75) is 110 Å². The fraction of sp³-hybridized carbons (Fsp3) is 0.545. The maximum absolute atomic E-state index is 15.0. The lowest BCUT2D eigenvalue weighted by molar-refractivity contribution is 0.100. The monoisotopic (exact) mass is 568 g/mol. The molecule has 7 heteroatoms. The van der Waals surface area contributed by atoms with Gasteiger partial charge in [-0.25, -0.2) is 12.8 Å². The molecule has 0 aliphatic heterocycles. The van der Waals surface area contributed by atoms with Crippen LogP contribution in [0.4, 0.5) is 4.39 Å². The Morgan fingerprint density at radius 2 is 1.82 bits per heavy atom. The zero-order chi connectivity index (χ0) is 29.2. The van der Waals surface area contributed by atoms with E-state index in [1.54, 1.807) is 20.8 Å². The van der Waals surface area contributed by atoms with Gasteiger partial charge < -0.3 is 10.3 Å². The number of aryl methyl sites for hydroxylation is 1. The van der Waals surface area contributed by atoms with Crippen LogP contribution in [0.5, 0.6) is 0 Å². The summed E-state index contributed by atoms with van der Waals surface area (Å²) in [5, 5.41) is 0.582. The Balaban J connectivity index is 1.79. The molecule has 218 valence electrons. The van der Waals surface area contributed by atoms with Gasteiger partial charge in [-0.15, -0.1) is 0 Å². The second-order valence-electron chi connectivity index (χ2n) is 12.4. The minimum Gasteiger partial charge on any atom is -0.366 e. The first kappa shape index (κ1) is 30.3. The minimum atomic E-state index is -3.19. The zero-order valence-corrected chi connectivity index (χ0v) is 25.6. The number of hydrogen-bond acceptors (Lipinski definition) is 3. The van der Waals surface area contributed by atoms with E-state index in [9.17, 15) is 13.2 Å². The van der Waals surface area contributed by atoms with E-state index >= 15 is 4.39 Å². The van der Waals surface area contributed by atoms with Crippen molar-refractivity contribution in [3.8, 4) is 0 Å². The molecule has 0 radical (unpaired) electrons. The van der Waals surface area contributed by atoms with Gasteiger partial charge >= 0.3 is 0 Å². The number of halogens is 1. The topological polar surface area (TPSA) is 82.2 Å². The highest BCUT2D eigenvalue weighted by molar-refractivity contribution is 7.92. The van der Waals surface area contributed by atoms with E-state index in [4.69, 9.17) is 5.73 Å². The average molecular weight is 569 g/mol. The van der Waals surface area contributed by atoms with Gasteiger partial charge in [0.05, 0.1) is 27.3 Å². The lowest BCUT2D eigenvalue weighted by Crippen LogP contribution is -2.30. The molecule has 1 heterocycles. The molecular weight excluding hydrogens is 523 g/mol. The third-order valence-electron chi connectivity index (χ3n) is 8.70. The van der Waals surface area contributed by atoms with Gasteiger partial charge in [0.1, 0.15) is 5.82 Å². The predicted molar refractivity (Wildman–Crippen MR) is 164 cm³/mol. The molecule has 2 aliphatic carbocycles. The number of carbonyl (C=O) groups excluding carboxylic acids is 1. The average Bonchev–Trinajstić information content (AvgIpc) is 3.21. The van der Waals surface area contributed by atoms with Crippen molar-refractivity contribution < 1.29 is 17.6 Å². The van der Waals surface area contributed by atoms with Crippen molar-refractivity contribution in [1.29, 1.82) is 0 Å². The van der Waals surface area contributed by atoms with Gasteiger partial charge in [0.15, 0.2) is 9.84 Å². The van der Waals surface area contributed by atoms with Crippen molar-refractivity contribution in [3.05, 3.63) is 64.1 Å². The second-order valence-corrected chi connectivity index (χ2v) is 15.3. The van der Waals surface area contributed by atoms with Crippen LogP contribution in [0.25, 0.3) is 16.5 Å². The van der Waals surface area contributed by atoms with E-state index < -0.39 is 20.5 Å². The Labute approximate surface area is 239 Å². The van der Waals surface area contributed by atoms with E-state index in [1.807, 2.05) is 19.1 Å². The maximum atomic E-state index is 15.0. The van der Waals surface area contributed by atoms with Crippen LogP contribution in [0.15, 0.2) is 41.5 Å². The summed E-state index contributed by atoms with van der Waals surface area (Å²) in [6.07, 6.45) is 15.2. The van der Waals surface area contributed by atoms with Crippen LogP contribution in [0.2, 0.25) is 0 Å². The number of benzene rings is 1. The number of allylic oxidation sites excluding steroid dienone is 6. The van der Waals surface area contributed by atoms with Crippen molar-refractivity contribution >= 4 is 32.2 Å². The van der Waals surface area contributed by atoms with E-state index in [1.165, 1.54) is 18.1 Å². The van der Waals surface area contributed by atoms with Gasteiger partial charge in [0.2, 0.25) is 0 Å². The molecule has 0 bridgehead atoms. The van der Waals surface area contributed by atoms with Crippen LogP contribution < -0.4 is 5.73 Å². The van der Waals surface area contributed by atoms with Gasteiger partial charge in [-0.3, -0.25) is 4.79 Å². The number of carbonyl (C=O) groups is 1. The van der Waals surface area contributed by atoms with Gasteiger partial charge in [-0.2, -0.15) is 0 Å². The normalized spacial score (nSPS) is 19.8. The lowest BCUT2D eigenvalue weighted by atomic mass is 9.93. The Bertz CT molecular complexity index is 1480. The van der Waals surface area contributed by atoms with E-state index in [0.717, 1.165) is 60.9 Å². The molecule has 2 N–H and O–H groups in total. The van der Waals surface area contributed by atoms with Crippen LogP contribution in [0, 0.1) is 5.82 Å². The number of nitrogens with two attached hydrogens (primary N) is 1. The summed E-state index contributed by atoms with van der Waals surface area (Å²) in [6.45, 7) is 9.29. The van der Waals surface area contributed by atoms with Crippen LogP contribution >= 0.6 is 0 Å². The molecule has 2 aliphatic rings. The highest BCUT2D eigenvalue weighted by atomic mass is 32.2. The zero-order valence-electron chi connectivity index (χ0n) is 24.8. The molecule has 2 aromatic rings. The molecule has 1 fully saturated rings. The Kier molecular flexibility index (Phi) is 9.13. The van der Waals surface area contributed by atoms with Crippen LogP contribution in [0.1, 0.15) is 120 Å². The quantitative estimate of drug-likeness (QED) is 0.350. The summed E-state index contributed by atoms with van der Waals surface area (Å²) >= 11 is 0. The SMILES string of the molecule is CCc1cc2c(cc1F)c(C(N)=O)c(C1=C/CCC(C)=C(CCCS(=O)(=O)C(C)(C)C)/C=C\1)n2C1CCCCC1. The summed E-state index contributed by atoms with van der Waals surface area (Å²) in [5.41, 5.74) is 12.0. The molecule has 0 unspecified atom stereocenters. The standard InChI is InChI=1S/C33H45FN2O3S/c1-6-23-20-29-27(21-28(23)34)30(32(35)37)31(36(29)26-15-8-7-9-16-26)25-13-10-12-22(2)24(17-18-25)14-11-19-40(38,39)33(3,4)5/h13,17-18,20-21,26H,6-12,14-16,19H2,1-5H3,(H2,35,37)/b18-17-,24-22?,25-13+. The smallest absolute Gasteiger partial charge is 0.251 e. The van der Waals surface area contributed by atoms with Gasteiger partial charge in [-0.1, -0.05) is 50.0 Å². The van der Waals surface area contributed by atoms with Gasteiger partial charge in [0.25, 0.3) is 5.91 Å². The Morgan fingerprint density at radius 1 is 1.12 bits per heavy atom. The Hall–Kier alpha value is -2.67. The first-order valence-electron chi connectivity index (χ1n) is 14.8. The molecule has 1 aromatic heterocycles. The number of fused-ring (bicyclic) bond motifs is 1. The third kappa shape index (κ3) is 6.14. The molecule has 40 heavy (non-hydrogen) atoms. The van der Waals surface area contributed by atoms with Crippen molar-refractivity contribution in [3.63, 3.8) is 0 Å². The summed E-state index contributed by atoms with van der Waals surface area (Å²) in [6, 6.07) is 3.62. The van der Waals surface area contributed by atoms with Crippen molar-refractivity contribution in [2.75, 3.05) is 5.75 Å². The number of aromatic nitrogens is 1. The first-order valence-corrected chi connectivity index (χ1v) is 16.5. The predicted octanol–water partition coefficient (Wildman–Crippen LogP) is 7.99. The number of sulfone groups is 1. The molecule has 1 amide bonds. The van der Waals surface area contributed by atoms with Crippen molar-refractivity contribution in [2.24, 2.45) is 5.73 Å². The summed E-state index contributed by atoms with van der Waals surface area (Å²) in [4.78, 5) is 13.0.